The average molecular weight is 179 g/mol. The molecule has 0 spiro atoms. The van der Waals surface area contributed by atoms with Crippen molar-refractivity contribution in [3.8, 4) is 0 Å². The minimum Gasteiger partial charge on any atom is -0.251 e. The molecule has 0 heterocycles. The normalized spacial score (nSPS) is 15.3. The molecular weight excluding hydrogens is 163 g/mol. The first-order valence-electron chi connectivity index (χ1n) is 4.78. The predicted octanol–water partition coefficient (Wildman–Crippen LogP) is 3.59. The van der Waals surface area contributed by atoms with Crippen molar-refractivity contribution in [2.24, 2.45) is 5.92 Å². The lowest BCUT2D eigenvalue weighted by atomic mass is 9.87. The number of alkyl halides is 1. The molecule has 71 valence electrons. The van der Waals surface area contributed by atoms with Crippen LogP contribution in [-0.4, -0.2) is 6.67 Å². The van der Waals surface area contributed by atoms with Crippen molar-refractivity contribution in [1.29, 1.82) is 0 Å². The van der Waals surface area contributed by atoms with Crippen LogP contribution in [0.3, 0.4) is 0 Å². The highest BCUT2D eigenvalue weighted by molar-refractivity contribution is 5.17. The number of rotatable bonds is 4. The van der Waals surface area contributed by atoms with Crippen LogP contribution in [0.5, 0.6) is 0 Å². The molecule has 0 N–H and O–H groups in total. The van der Waals surface area contributed by atoms with Crippen molar-refractivity contribution in [3.05, 3.63) is 35.9 Å². The summed E-state index contributed by atoms with van der Waals surface area (Å²) in [6.45, 7) is 4.00. The lowest BCUT2D eigenvalue weighted by Gasteiger charge is -2.18. The fourth-order valence-corrected chi connectivity index (χ4v) is 1.42. The molecule has 0 aromatic heterocycles. The SMILES string of the molecule is CC(CCF)C(C)c1[c]cccc1. The average Bonchev–Trinajstić information content (AvgIpc) is 2.18. The van der Waals surface area contributed by atoms with Gasteiger partial charge in [0, 0.05) is 0 Å². The molecule has 2 unspecified atom stereocenters. The number of hydrogen-bond donors (Lipinski definition) is 0. The van der Waals surface area contributed by atoms with Gasteiger partial charge in [-0.2, -0.15) is 0 Å². The molecule has 0 aliphatic carbocycles. The van der Waals surface area contributed by atoms with Crippen molar-refractivity contribution in [2.75, 3.05) is 6.67 Å². The fourth-order valence-electron chi connectivity index (χ4n) is 1.42. The van der Waals surface area contributed by atoms with Crippen LogP contribution in [0.1, 0.15) is 31.7 Å². The smallest absolute Gasteiger partial charge is 0.0897 e. The van der Waals surface area contributed by atoms with Crippen LogP contribution in [0, 0.1) is 12.0 Å². The van der Waals surface area contributed by atoms with Gasteiger partial charge in [0.25, 0.3) is 0 Å². The van der Waals surface area contributed by atoms with Gasteiger partial charge in [0.15, 0.2) is 0 Å². The maximum Gasteiger partial charge on any atom is 0.0897 e. The Morgan fingerprint density at radius 1 is 1.38 bits per heavy atom. The van der Waals surface area contributed by atoms with E-state index >= 15 is 0 Å². The maximum absolute atomic E-state index is 12.1. The van der Waals surface area contributed by atoms with Gasteiger partial charge in [-0.05, 0) is 29.9 Å². The van der Waals surface area contributed by atoms with E-state index in [0.717, 1.165) is 0 Å². The second-order valence-electron chi connectivity index (χ2n) is 3.56. The third-order valence-corrected chi connectivity index (χ3v) is 2.64. The Morgan fingerprint density at radius 3 is 2.69 bits per heavy atom. The summed E-state index contributed by atoms with van der Waals surface area (Å²) in [6.07, 6.45) is 0.643. The Balaban J connectivity index is 2.62. The van der Waals surface area contributed by atoms with Crippen LogP contribution in [-0.2, 0) is 0 Å². The lowest BCUT2D eigenvalue weighted by Crippen LogP contribution is -2.06. The van der Waals surface area contributed by atoms with Crippen molar-refractivity contribution in [3.63, 3.8) is 0 Å². The Hall–Kier alpha value is -0.850. The van der Waals surface area contributed by atoms with Crippen LogP contribution in [0.4, 0.5) is 4.39 Å². The second kappa shape index (κ2) is 5.00. The molecule has 0 saturated carbocycles. The van der Waals surface area contributed by atoms with Gasteiger partial charge in [-0.15, -0.1) is 0 Å². The van der Waals surface area contributed by atoms with Gasteiger partial charge in [0.1, 0.15) is 0 Å². The molecule has 0 aliphatic heterocycles. The first-order chi connectivity index (χ1) is 6.25. The van der Waals surface area contributed by atoms with E-state index in [0.29, 0.717) is 18.3 Å². The highest BCUT2D eigenvalue weighted by Crippen LogP contribution is 2.25. The number of benzene rings is 1. The summed E-state index contributed by atoms with van der Waals surface area (Å²) in [5.74, 6) is 0.792. The zero-order chi connectivity index (χ0) is 9.68. The van der Waals surface area contributed by atoms with Gasteiger partial charge in [0.2, 0.25) is 0 Å². The van der Waals surface area contributed by atoms with E-state index in [4.69, 9.17) is 0 Å². The summed E-state index contributed by atoms with van der Waals surface area (Å²) in [6, 6.07) is 11.1. The molecular formula is C12H16F. The Labute approximate surface area is 79.8 Å². The summed E-state index contributed by atoms with van der Waals surface area (Å²) < 4.78 is 12.1. The van der Waals surface area contributed by atoms with E-state index in [1.54, 1.807) is 0 Å². The van der Waals surface area contributed by atoms with Crippen molar-refractivity contribution < 1.29 is 4.39 Å². The third kappa shape index (κ3) is 2.83. The fraction of sp³-hybridized carbons (Fsp3) is 0.500. The summed E-state index contributed by atoms with van der Waals surface area (Å²) in [5, 5.41) is 0. The molecule has 0 saturated heterocycles. The summed E-state index contributed by atoms with van der Waals surface area (Å²) in [4.78, 5) is 0. The molecule has 0 nitrogen and oxygen atoms in total. The zero-order valence-corrected chi connectivity index (χ0v) is 8.26. The lowest BCUT2D eigenvalue weighted by molar-refractivity contribution is 0.371. The molecule has 1 aromatic carbocycles. The topological polar surface area (TPSA) is 0 Å². The second-order valence-corrected chi connectivity index (χ2v) is 3.56. The Morgan fingerprint density at radius 2 is 2.15 bits per heavy atom. The first kappa shape index (κ1) is 10.2. The van der Waals surface area contributed by atoms with Crippen LogP contribution in [0.15, 0.2) is 24.3 Å². The minimum absolute atomic E-state index is 0.224. The number of hydrogen-bond acceptors (Lipinski definition) is 0. The van der Waals surface area contributed by atoms with Gasteiger partial charge in [-0.25, -0.2) is 0 Å². The highest BCUT2D eigenvalue weighted by Gasteiger charge is 2.13. The largest absolute Gasteiger partial charge is 0.251 e. The van der Waals surface area contributed by atoms with Crippen LogP contribution < -0.4 is 0 Å². The molecule has 0 aliphatic rings. The molecule has 1 heteroatoms. The van der Waals surface area contributed by atoms with Crippen molar-refractivity contribution in [1.82, 2.24) is 0 Å². The third-order valence-electron chi connectivity index (χ3n) is 2.64. The van der Waals surface area contributed by atoms with Gasteiger partial charge in [-0.1, -0.05) is 38.1 Å². The molecule has 1 rings (SSSR count). The maximum atomic E-state index is 12.1. The van der Waals surface area contributed by atoms with E-state index in [-0.39, 0.29) is 6.67 Å². The van der Waals surface area contributed by atoms with Crippen LogP contribution in [0.2, 0.25) is 0 Å². The van der Waals surface area contributed by atoms with Crippen LogP contribution >= 0.6 is 0 Å². The van der Waals surface area contributed by atoms with Gasteiger partial charge in [0.05, 0.1) is 6.67 Å². The van der Waals surface area contributed by atoms with Crippen molar-refractivity contribution in [2.45, 2.75) is 26.2 Å². The van der Waals surface area contributed by atoms with Gasteiger partial charge >= 0.3 is 0 Å². The van der Waals surface area contributed by atoms with Crippen LogP contribution in [0.25, 0.3) is 0 Å². The van der Waals surface area contributed by atoms with E-state index in [1.165, 1.54) is 5.56 Å². The highest BCUT2D eigenvalue weighted by atomic mass is 19.1. The standard InChI is InChI=1S/C12H16F/c1-10(8-9-13)11(2)12-6-4-3-5-7-12/h3-6,10-11H,8-9H2,1-2H3. The number of halogens is 1. The molecule has 1 aromatic rings. The van der Waals surface area contributed by atoms with Crippen molar-refractivity contribution >= 4 is 0 Å². The predicted molar refractivity (Wildman–Crippen MR) is 53.4 cm³/mol. The van der Waals surface area contributed by atoms with E-state index < -0.39 is 0 Å². The minimum atomic E-state index is -0.224. The summed E-state index contributed by atoms with van der Waals surface area (Å²) in [5.41, 5.74) is 1.18. The monoisotopic (exact) mass is 179 g/mol. The molecule has 0 fully saturated rings. The Bertz CT molecular complexity index is 230. The Kier molecular flexibility index (Phi) is 3.94. The molecule has 0 amide bonds. The van der Waals surface area contributed by atoms with Gasteiger partial charge in [-0.3, -0.25) is 4.39 Å². The zero-order valence-electron chi connectivity index (χ0n) is 8.26. The van der Waals surface area contributed by atoms with E-state index in [9.17, 15) is 4.39 Å². The molecule has 13 heavy (non-hydrogen) atoms. The first-order valence-corrected chi connectivity index (χ1v) is 4.78. The summed E-state index contributed by atoms with van der Waals surface area (Å²) >= 11 is 0. The van der Waals surface area contributed by atoms with E-state index in [2.05, 4.69) is 26.0 Å². The summed E-state index contributed by atoms with van der Waals surface area (Å²) in [7, 11) is 0. The van der Waals surface area contributed by atoms with E-state index in [1.807, 2.05) is 18.2 Å². The quantitative estimate of drug-likeness (QED) is 0.662. The molecule has 0 bridgehead atoms. The van der Waals surface area contributed by atoms with Gasteiger partial charge < -0.3 is 0 Å². The molecule has 2 atom stereocenters. The molecule has 1 radical (unpaired) electrons.